The maximum atomic E-state index is 12.7. The van der Waals surface area contributed by atoms with Crippen LogP contribution in [0.25, 0.3) is 0 Å². The number of aromatic nitrogens is 2. The van der Waals surface area contributed by atoms with Crippen molar-refractivity contribution in [3.05, 3.63) is 46.3 Å². The largest absolute Gasteiger partial charge is 0.493 e. The molecule has 7 nitrogen and oxygen atoms in total. The number of hydrogen-bond donors (Lipinski definition) is 2. The summed E-state index contributed by atoms with van der Waals surface area (Å²) in [7, 11) is 1.87. The Morgan fingerprint density at radius 3 is 2.74 bits per heavy atom. The zero-order chi connectivity index (χ0) is 19.7. The zero-order valence-corrected chi connectivity index (χ0v) is 16.1. The fourth-order valence-corrected chi connectivity index (χ4v) is 3.47. The maximum Gasteiger partial charge on any atom is 0.330 e. The Balaban J connectivity index is 1.74. The molecule has 2 aromatic rings. The number of amides is 1. The molecule has 1 aromatic heterocycles. The summed E-state index contributed by atoms with van der Waals surface area (Å²) in [6.45, 7) is 6.28. The number of fused-ring (bicyclic) bond motifs is 1. The second kappa shape index (κ2) is 7.42. The van der Waals surface area contributed by atoms with Crippen LogP contribution in [0.1, 0.15) is 41.0 Å². The Bertz CT molecular complexity index is 888. The molecule has 7 heteroatoms. The molecule has 3 rings (SSSR count). The van der Waals surface area contributed by atoms with Crippen LogP contribution < -0.4 is 10.1 Å². The number of carbonyl (C=O) groups excluding carboxylic acids is 1. The van der Waals surface area contributed by atoms with Gasteiger partial charge in [0.1, 0.15) is 5.75 Å². The number of nitrogens with one attached hydrogen (secondary N) is 1. The Hall–Kier alpha value is -2.83. The molecular weight excluding hydrogens is 346 g/mol. The van der Waals surface area contributed by atoms with Gasteiger partial charge in [0.15, 0.2) is 6.04 Å². The predicted molar refractivity (Wildman–Crippen MR) is 99.7 cm³/mol. The van der Waals surface area contributed by atoms with Crippen LogP contribution in [0.4, 0.5) is 0 Å². The van der Waals surface area contributed by atoms with E-state index < -0.39 is 12.0 Å². The standard InChI is InChI=1S/C20H25N3O4/c1-11(9-16-12(2)22-23(4)13(16)3)19(24)21-18(20(25)26)15-5-6-17-14(10-15)7-8-27-17/h5-6,10-11,18H,7-9H2,1-4H3,(H,21,24)(H,25,26). The van der Waals surface area contributed by atoms with Crippen molar-refractivity contribution in [1.82, 2.24) is 15.1 Å². The molecule has 1 amide bonds. The average Bonchev–Trinajstić information content (AvgIpc) is 3.18. The summed E-state index contributed by atoms with van der Waals surface area (Å²) in [4.78, 5) is 24.4. The fourth-order valence-electron chi connectivity index (χ4n) is 3.47. The summed E-state index contributed by atoms with van der Waals surface area (Å²) < 4.78 is 7.25. The van der Waals surface area contributed by atoms with Gasteiger partial charge >= 0.3 is 5.97 Å². The topological polar surface area (TPSA) is 93.5 Å². The highest BCUT2D eigenvalue weighted by Crippen LogP contribution is 2.28. The zero-order valence-electron chi connectivity index (χ0n) is 16.1. The number of aryl methyl sites for hydroxylation is 2. The van der Waals surface area contributed by atoms with Gasteiger partial charge in [0.05, 0.1) is 12.3 Å². The van der Waals surface area contributed by atoms with Crippen molar-refractivity contribution in [1.29, 1.82) is 0 Å². The number of benzene rings is 1. The first-order chi connectivity index (χ1) is 12.8. The second-order valence-corrected chi connectivity index (χ2v) is 7.12. The Labute approximate surface area is 158 Å². The fraction of sp³-hybridized carbons (Fsp3) is 0.450. The first-order valence-corrected chi connectivity index (χ1v) is 9.05. The van der Waals surface area contributed by atoms with E-state index in [4.69, 9.17) is 4.74 Å². The van der Waals surface area contributed by atoms with E-state index in [2.05, 4.69) is 10.4 Å². The number of carboxylic acid groups (broad SMARTS) is 1. The van der Waals surface area contributed by atoms with Crippen LogP contribution in [-0.4, -0.2) is 33.4 Å². The van der Waals surface area contributed by atoms with Crippen molar-refractivity contribution < 1.29 is 19.4 Å². The summed E-state index contributed by atoms with van der Waals surface area (Å²) in [5, 5.41) is 16.7. The molecule has 0 bridgehead atoms. The van der Waals surface area contributed by atoms with E-state index in [1.165, 1.54) is 0 Å². The minimum atomic E-state index is -1.08. The quantitative estimate of drug-likeness (QED) is 0.811. The van der Waals surface area contributed by atoms with Gasteiger partial charge in [-0.25, -0.2) is 4.79 Å². The average molecular weight is 371 g/mol. The van der Waals surface area contributed by atoms with Crippen molar-refractivity contribution >= 4 is 11.9 Å². The van der Waals surface area contributed by atoms with E-state index in [0.717, 1.165) is 34.7 Å². The summed E-state index contributed by atoms with van der Waals surface area (Å²) in [5.74, 6) is -0.957. The lowest BCUT2D eigenvalue weighted by molar-refractivity contribution is -0.142. The maximum absolute atomic E-state index is 12.7. The van der Waals surface area contributed by atoms with Gasteiger partial charge in [-0.2, -0.15) is 5.10 Å². The van der Waals surface area contributed by atoms with Crippen LogP contribution in [0.15, 0.2) is 18.2 Å². The lowest BCUT2D eigenvalue weighted by Gasteiger charge is -2.19. The Morgan fingerprint density at radius 2 is 2.11 bits per heavy atom. The summed E-state index contributed by atoms with van der Waals surface area (Å²) in [6, 6.07) is 4.19. The molecule has 144 valence electrons. The molecule has 1 aromatic carbocycles. The number of rotatable bonds is 6. The van der Waals surface area contributed by atoms with Crippen molar-refractivity contribution in [3.8, 4) is 5.75 Å². The molecule has 0 saturated carbocycles. The molecule has 2 unspecified atom stereocenters. The van der Waals surface area contributed by atoms with Crippen LogP contribution in [0.2, 0.25) is 0 Å². The number of nitrogens with zero attached hydrogens (tertiary/aromatic N) is 2. The highest BCUT2D eigenvalue weighted by molar-refractivity contribution is 5.86. The van der Waals surface area contributed by atoms with E-state index >= 15 is 0 Å². The van der Waals surface area contributed by atoms with E-state index in [-0.39, 0.29) is 11.8 Å². The molecule has 0 fully saturated rings. The molecule has 1 aliphatic heterocycles. The number of hydrogen-bond acceptors (Lipinski definition) is 4. The molecule has 2 N–H and O–H groups in total. The third-order valence-corrected chi connectivity index (χ3v) is 5.20. The summed E-state index contributed by atoms with van der Waals surface area (Å²) in [5.41, 5.74) is 4.47. The highest BCUT2D eigenvalue weighted by Gasteiger charge is 2.27. The van der Waals surface area contributed by atoms with Gasteiger partial charge in [-0.1, -0.05) is 13.0 Å². The molecule has 27 heavy (non-hydrogen) atoms. The molecule has 2 atom stereocenters. The van der Waals surface area contributed by atoms with Gasteiger partial charge in [0.2, 0.25) is 5.91 Å². The number of carboxylic acids is 1. The number of aliphatic carboxylic acids is 1. The molecule has 0 aliphatic carbocycles. The molecular formula is C20H25N3O4. The van der Waals surface area contributed by atoms with E-state index in [0.29, 0.717) is 18.6 Å². The lowest BCUT2D eigenvalue weighted by atomic mass is 9.97. The van der Waals surface area contributed by atoms with Crippen molar-refractivity contribution in [2.45, 2.75) is 39.7 Å². The monoisotopic (exact) mass is 371 g/mol. The van der Waals surface area contributed by atoms with Gasteiger partial charge in [-0.3, -0.25) is 9.48 Å². The van der Waals surface area contributed by atoms with Gasteiger partial charge in [-0.05, 0) is 49.1 Å². The van der Waals surface area contributed by atoms with Gasteiger partial charge in [-0.15, -0.1) is 0 Å². The SMILES string of the molecule is Cc1nn(C)c(C)c1CC(C)C(=O)NC(C(=O)O)c1ccc2c(c1)CCO2. The van der Waals surface area contributed by atoms with Crippen molar-refractivity contribution in [3.63, 3.8) is 0 Å². The third kappa shape index (κ3) is 3.82. The predicted octanol–water partition coefficient (Wildman–Crippen LogP) is 2.09. The molecule has 1 aliphatic rings. The normalized spacial score (nSPS) is 15.0. The molecule has 0 radical (unpaired) electrons. The minimum absolute atomic E-state index is 0.290. The van der Waals surface area contributed by atoms with Crippen molar-refractivity contribution in [2.24, 2.45) is 13.0 Å². The van der Waals surface area contributed by atoms with E-state index in [9.17, 15) is 14.7 Å². The molecule has 0 saturated heterocycles. The van der Waals surface area contributed by atoms with Crippen LogP contribution >= 0.6 is 0 Å². The first kappa shape index (κ1) is 18.9. The second-order valence-electron chi connectivity index (χ2n) is 7.12. The van der Waals surface area contributed by atoms with E-state index in [1.54, 1.807) is 23.7 Å². The number of ether oxygens (including phenoxy) is 1. The van der Waals surface area contributed by atoms with Gasteiger partial charge in [0, 0.05) is 25.1 Å². The van der Waals surface area contributed by atoms with Crippen LogP contribution in [0.5, 0.6) is 5.75 Å². The molecule has 2 heterocycles. The minimum Gasteiger partial charge on any atom is -0.493 e. The Kier molecular flexibility index (Phi) is 5.21. The molecule has 0 spiro atoms. The van der Waals surface area contributed by atoms with Crippen LogP contribution in [0, 0.1) is 19.8 Å². The first-order valence-electron chi connectivity index (χ1n) is 9.05. The Morgan fingerprint density at radius 1 is 1.37 bits per heavy atom. The third-order valence-electron chi connectivity index (χ3n) is 5.20. The van der Waals surface area contributed by atoms with Crippen LogP contribution in [-0.2, 0) is 29.5 Å². The van der Waals surface area contributed by atoms with Gasteiger partial charge in [0.25, 0.3) is 0 Å². The van der Waals surface area contributed by atoms with Crippen LogP contribution in [0.3, 0.4) is 0 Å². The summed E-state index contributed by atoms with van der Waals surface area (Å²) >= 11 is 0. The lowest BCUT2D eigenvalue weighted by Crippen LogP contribution is -2.37. The summed E-state index contributed by atoms with van der Waals surface area (Å²) in [6.07, 6.45) is 1.27. The van der Waals surface area contributed by atoms with Crippen molar-refractivity contribution in [2.75, 3.05) is 6.61 Å². The number of carbonyl (C=O) groups is 2. The smallest absolute Gasteiger partial charge is 0.330 e. The van der Waals surface area contributed by atoms with Gasteiger partial charge < -0.3 is 15.2 Å². The van der Waals surface area contributed by atoms with E-state index in [1.807, 2.05) is 27.0 Å². The highest BCUT2D eigenvalue weighted by atomic mass is 16.5.